The summed E-state index contributed by atoms with van der Waals surface area (Å²) in [6.07, 6.45) is 0. The number of aryl methyl sites for hydroxylation is 1. The fourth-order valence-electron chi connectivity index (χ4n) is 9.22. The van der Waals surface area contributed by atoms with Gasteiger partial charge in [0.25, 0.3) is 0 Å². The lowest BCUT2D eigenvalue weighted by Gasteiger charge is -2.28. The minimum absolute atomic E-state index is 1.12. The van der Waals surface area contributed by atoms with Crippen LogP contribution in [0, 0.1) is 6.92 Å². The predicted molar refractivity (Wildman–Crippen MR) is 250 cm³/mol. The molecule has 1 nitrogen and oxygen atoms in total. The van der Waals surface area contributed by atoms with Gasteiger partial charge in [0.05, 0.1) is 5.69 Å². The molecular weight excluding hydrogens is 699 g/mol. The van der Waals surface area contributed by atoms with E-state index < -0.39 is 0 Å². The summed E-state index contributed by atoms with van der Waals surface area (Å²) < 4.78 is 0. The normalized spacial score (nSPS) is 11.5. The Labute approximate surface area is 338 Å². The summed E-state index contributed by atoms with van der Waals surface area (Å²) in [6, 6.07) is 80.3. The Morgan fingerprint density at radius 1 is 0.310 bits per heavy atom. The maximum atomic E-state index is 2.46. The third kappa shape index (κ3) is 5.55. The lowest BCUT2D eigenvalue weighted by atomic mass is 9.81. The Morgan fingerprint density at radius 3 is 1.48 bits per heavy atom. The summed E-state index contributed by atoms with van der Waals surface area (Å²) >= 11 is 0. The Bertz CT molecular complexity index is 3310. The van der Waals surface area contributed by atoms with Crippen molar-refractivity contribution in [3.63, 3.8) is 0 Å². The van der Waals surface area contributed by atoms with Crippen LogP contribution in [0.2, 0.25) is 0 Å². The van der Waals surface area contributed by atoms with E-state index in [0.29, 0.717) is 0 Å². The molecule has 0 spiro atoms. The van der Waals surface area contributed by atoms with Crippen molar-refractivity contribution in [3.05, 3.63) is 224 Å². The Morgan fingerprint density at radius 2 is 0.810 bits per heavy atom. The van der Waals surface area contributed by atoms with Crippen molar-refractivity contribution in [2.45, 2.75) is 6.92 Å². The van der Waals surface area contributed by atoms with Crippen molar-refractivity contribution in [1.29, 1.82) is 0 Å². The molecule has 0 saturated carbocycles. The van der Waals surface area contributed by atoms with Crippen LogP contribution in [0.3, 0.4) is 0 Å². The van der Waals surface area contributed by atoms with Gasteiger partial charge in [-0.15, -0.1) is 0 Å². The highest BCUT2D eigenvalue weighted by Gasteiger charge is 2.23. The molecule has 0 aliphatic carbocycles. The van der Waals surface area contributed by atoms with E-state index in [0.717, 1.165) is 17.1 Å². The van der Waals surface area contributed by atoms with Crippen LogP contribution in [0.15, 0.2) is 218 Å². The molecule has 272 valence electrons. The molecule has 0 saturated heterocycles. The van der Waals surface area contributed by atoms with Crippen molar-refractivity contribution in [2.24, 2.45) is 0 Å². The Balaban J connectivity index is 1.30. The van der Waals surface area contributed by atoms with E-state index in [9.17, 15) is 0 Å². The molecular formula is C57H39N. The van der Waals surface area contributed by atoms with Gasteiger partial charge in [-0.25, -0.2) is 0 Å². The minimum Gasteiger partial charge on any atom is -0.310 e. The van der Waals surface area contributed by atoms with Gasteiger partial charge in [0.1, 0.15) is 0 Å². The zero-order valence-electron chi connectivity index (χ0n) is 32.2. The van der Waals surface area contributed by atoms with Crippen LogP contribution in [-0.4, -0.2) is 0 Å². The highest BCUT2D eigenvalue weighted by atomic mass is 15.1. The van der Waals surface area contributed by atoms with Gasteiger partial charge in [0, 0.05) is 16.8 Å². The van der Waals surface area contributed by atoms with Crippen molar-refractivity contribution in [3.8, 4) is 33.4 Å². The molecule has 0 unspecified atom stereocenters. The standard InChI is InChI=1S/C57H39N/c1-38-29-31-43(32-30-38)58(54-35-42-23-11-12-24-45(42)46-25-13-15-27-48(46)54)44-33-34-50-53(36-44)47-26-14-16-28-49(47)56-52(40-19-7-3-8-20-40)37-51(39-17-5-2-6-18-39)55(57(50)56)41-21-9-4-10-22-41/h2-37H,1H3. The van der Waals surface area contributed by atoms with Crippen molar-refractivity contribution in [1.82, 2.24) is 0 Å². The van der Waals surface area contributed by atoms with E-state index in [-0.39, 0.29) is 0 Å². The number of benzene rings is 11. The molecule has 11 aromatic carbocycles. The third-order valence-electron chi connectivity index (χ3n) is 11.9. The van der Waals surface area contributed by atoms with E-state index in [2.05, 4.69) is 230 Å². The molecule has 0 amide bonds. The average Bonchev–Trinajstić information content (AvgIpc) is 3.30. The summed E-state index contributed by atoms with van der Waals surface area (Å²) in [6.45, 7) is 2.16. The van der Waals surface area contributed by atoms with Crippen molar-refractivity contribution >= 4 is 70.9 Å². The van der Waals surface area contributed by atoms with Gasteiger partial charge in [-0.2, -0.15) is 0 Å². The summed E-state index contributed by atoms with van der Waals surface area (Å²) in [5.41, 5.74) is 12.0. The van der Waals surface area contributed by atoms with Gasteiger partial charge >= 0.3 is 0 Å². The van der Waals surface area contributed by atoms with Gasteiger partial charge in [-0.3, -0.25) is 0 Å². The number of nitrogens with zero attached hydrogens (tertiary/aromatic N) is 1. The number of fused-ring (bicyclic) bond motifs is 9. The van der Waals surface area contributed by atoms with Crippen LogP contribution in [0.25, 0.3) is 87.2 Å². The minimum atomic E-state index is 1.12. The quantitative estimate of drug-likeness (QED) is 0.154. The van der Waals surface area contributed by atoms with Gasteiger partial charge in [-0.1, -0.05) is 188 Å². The fraction of sp³-hybridized carbons (Fsp3) is 0.0175. The maximum absolute atomic E-state index is 2.46. The lowest BCUT2D eigenvalue weighted by Crippen LogP contribution is -2.11. The van der Waals surface area contributed by atoms with Crippen LogP contribution in [0.4, 0.5) is 17.1 Å². The molecule has 58 heavy (non-hydrogen) atoms. The third-order valence-corrected chi connectivity index (χ3v) is 11.9. The number of hydrogen-bond acceptors (Lipinski definition) is 1. The first kappa shape index (κ1) is 33.8. The van der Waals surface area contributed by atoms with Gasteiger partial charge in [0.2, 0.25) is 0 Å². The predicted octanol–water partition coefficient (Wildman–Crippen LogP) is 16.2. The zero-order valence-corrected chi connectivity index (χ0v) is 32.2. The van der Waals surface area contributed by atoms with Crippen LogP contribution < -0.4 is 4.90 Å². The summed E-state index contributed by atoms with van der Waals surface area (Å²) in [5, 5.41) is 12.4. The van der Waals surface area contributed by atoms with E-state index in [1.165, 1.54) is 92.8 Å². The summed E-state index contributed by atoms with van der Waals surface area (Å²) in [5.74, 6) is 0. The molecule has 0 bridgehead atoms. The molecule has 0 heterocycles. The van der Waals surface area contributed by atoms with Gasteiger partial charge < -0.3 is 4.90 Å². The van der Waals surface area contributed by atoms with Crippen LogP contribution in [-0.2, 0) is 0 Å². The van der Waals surface area contributed by atoms with Crippen molar-refractivity contribution < 1.29 is 0 Å². The summed E-state index contributed by atoms with van der Waals surface area (Å²) in [4.78, 5) is 2.46. The van der Waals surface area contributed by atoms with Crippen molar-refractivity contribution in [2.75, 3.05) is 4.90 Å². The molecule has 11 aromatic rings. The molecule has 0 aliphatic rings. The first-order chi connectivity index (χ1) is 28.7. The van der Waals surface area contributed by atoms with E-state index in [1.54, 1.807) is 0 Å². The first-order valence-corrected chi connectivity index (χ1v) is 20.1. The molecule has 1 heteroatoms. The number of rotatable bonds is 6. The Kier molecular flexibility index (Phi) is 8.12. The smallest absolute Gasteiger partial charge is 0.0546 e. The topological polar surface area (TPSA) is 3.24 Å². The SMILES string of the molecule is Cc1ccc(N(c2ccc3c(c2)c2ccccc2c2c(-c4ccccc4)cc(-c4ccccc4)c(-c4ccccc4)c32)c2cc3ccccc3c3ccccc23)cc1. The van der Waals surface area contributed by atoms with E-state index >= 15 is 0 Å². The number of hydrogen-bond donors (Lipinski definition) is 0. The highest BCUT2D eigenvalue weighted by Crippen LogP contribution is 2.50. The van der Waals surface area contributed by atoms with Crippen LogP contribution in [0.1, 0.15) is 5.56 Å². The molecule has 0 fully saturated rings. The Hall–Kier alpha value is -7.48. The zero-order chi connectivity index (χ0) is 38.6. The van der Waals surface area contributed by atoms with Crippen LogP contribution >= 0.6 is 0 Å². The second kappa shape index (κ2) is 13.9. The monoisotopic (exact) mass is 737 g/mol. The highest BCUT2D eigenvalue weighted by molar-refractivity contribution is 6.33. The largest absolute Gasteiger partial charge is 0.310 e. The molecule has 11 rings (SSSR count). The maximum Gasteiger partial charge on any atom is 0.0546 e. The van der Waals surface area contributed by atoms with Gasteiger partial charge in [-0.05, 0) is 125 Å². The number of anilines is 3. The molecule has 0 aromatic heterocycles. The summed E-state index contributed by atoms with van der Waals surface area (Å²) in [7, 11) is 0. The fourth-order valence-corrected chi connectivity index (χ4v) is 9.22. The van der Waals surface area contributed by atoms with E-state index in [1.807, 2.05) is 0 Å². The second-order valence-corrected chi connectivity index (χ2v) is 15.3. The van der Waals surface area contributed by atoms with Crippen LogP contribution in [0.5, 0.6) is 0 Å². The average molecular weight is 738 g/mol. The second-order valence-electron chi connectivity index (χ2n) is 15.3. The molecule has 0 aliphatic heterocycles. The van der Waals surface area contributed by atoms with E-state index in [4.69, 9.17) is 0 Å². The first-order valence-electron chi connectivity index (χ1n) is 20.1. The molecule has 0 radical (unpaired) electrons. The molecule has 0 atom stereocenters. The molecule has 0 N–H and O–H groups in total. The lowest BCUT2D eigenvalue weighted by molar-refractivity contribution is 1.30. The van der Waals surface area contributed by atoms with Gasteiger partial charge in [0.15, 0.2) is 0 Å².